The third-order valence-electron chi connectivity index (χ3n) is 4.02. The molecule has 1 saturated heterocycles. The third kappa shape index (κ3) is 3.34. The van der Waals surface area contributed by atoms with Gasteiger partial charge in [0.1, 0.15) is 0 Å². The second kappa shape index (κ2) is 6.66. The van der Waals surface area contributed by atoms with Crippen molar-refractivity contribution >= 4 is 17.7 Å². The van der Waals surface area contributed by atoms with Crippen LogP contribution < -0.4 is 4.90 Å². The number of carbonyl (C=O) groups is 2. The van der Waals surface area contributed by atoms with Crippen LogP contribution >= 0.6 is 0 Å². The molecule has 0 aliphatic carbocycles. The fraction of sp³-hybridized carbons (Fsp3) is 0.294. The fourth-order valence-electron chi connectivity index (χ4n) is 2.81. The van der Waals surface area contributed by atoms with Crippen LogP contribution in [0.2, 0.25) is 0 Å². The van der Waals surface area contributed by atoms with E-state index in [1.54, 1.807) is 30.2 Å². The molecule has 1 aliphatic rings. The first kappa shape index (κ1) is 15.9. The van der Waals surface area contributed by atoms with Gasteiger partial charge in [0.15, 0.2) is 5.82 Å². The van der Waals surface area contributed by atoms with E-state index in [2.05, 4.69) is 15.1 Å². The van der Waals surface area contributed by atoms with E-state index in [1.165, 1.54) is 6.07 Å². The van der Waals surface area contributed by atoms with Gasteiger partial charge >= 0.3 is 5.97 Å². The van der Waals surface area contributed by atoms with Crippen LogP contribution in [0.5, 0.6) is 0 Å². The average Bonchev–Trinajstić information content (AvgIpc) is 2.61. The molecule has 0 spiro atoms. The summed E-state index contributed by atoms with van der Waals surface area (Å²) in [4.78, 5) is 27.6. The lowest BCUT2D eigenvalue weighted by Crippen LogP contribution is -2.49. The number of hydrogen-bond acceptors (Lipinski definition) is 5. The number of carboxylic acids is 1. The molecule has 0 bridgehead atoms. The molecule has 7 nitrogen and oxygen atoms in total. The highest BCUT2D eigenvalue weighted by Gasteiger charge is 2.23. The molecule has 0 unspecified atom stereocenters. The Balaban J connectivity index is 1.70. The molecule has 1 aromatic carbocycles. The molecule has 0 radical (unpaired) electrons. The van der Waals surface area contributed by atoms with Crippen molar-refractivity contribution in [1.29, 1.82) is 0 Å². The smallest absolute Gasteiger partial charge is 0.335 e. The predicted octanol–water partition coefficient (Wildman–Crippen LogP) is 1.45. The Morgan fingerprint density at radius 3 is 2.42 bits per heavy atom. The quantitative estimate of drug-likeness (QED) is 0.918. The summed E-state index contributed by atoms with van der Waals surface area (Å²) < 4.78 is 0. The maximum atomic E-state index is 12.7. The van der Waals surface area contributed by atoms with Crippen LogP contribution in [0.4, 0.5) is 5.82 Å². The van der Waals surface area contributed by atoms with Gasteiger partial charge in [-0.2, -0.15) is 5.10 Å². The highest BCUT2D eigenvalue weighted by atomic mass is 16.4. The number of rotatable bonds is 3. The molecule has 124 valence electrons. The van der Waals surface area contributed by atoms with Gasteiger partial charge in [-0.05, 0) is 42.8 Å². The minimum atomic E-state index is -1.03. The van der Waals surface area contributed by atoms with Gasteiger partial charge in [0.05, 0.1) is 5.56 Å². The lowest BCUT2D eigenvalue weighted by Gasteiger charge is -2.35. The largest absolute Gasteiger partial charge is 0.478 e. The van der Waals surface area contributed by atoms with E-state index in [0.717, 1.165) is 11.4 Å². The Morgan fingerprint density at radius 1 is 1.08 bits per heavy atom. The number of hydrogen-bond donors (Lipinski definition) is 1. The number of anilines is 1. The van der Waals surface area contributed by atoms with Crippen molar-refractivity contribution in [2.75, 3.05) is 31.1 Å². The van der Waals surface area contributed by atoms with E-state index in [9.17, 15) is 9.59 Å². The number of benzene rings is 1. The number of nitrogens with zero attached hydrogens (tertiary/aromatic N) is 4. The topological polar surface area (TPSA) is 86.6 Å². The predicted molar refractivity (Wildman–Crippen MR) is 88.3 cm³/mol. The van der Waals surface area contributed by atoms with Gasteiger partial charge in [-0.3, -0.25) is 4.79 Å². The van der Waals surface area contributed by atoms with E-state index < -0.39 is 5.97 Å². The van der Waals surface area contributed by atoms with Gasteiger partial charge in [0, 0.05) is 37.9 Å². The lowest BCUT2D eigenvalue weighted by molar-refractivity contribution is 0.0696. The van der Waals surface area contributed by atoms with Crippen molar-refractivity contribution in [3.8, 4) is 0 Å². The molecular weight excluding hydrogens is 308 g/mol. The van der Waals surface area contributed by atoms with E-state index >= 15 is 0 Å². The van der Waals surface area contributed by atoms with Gasteiger partial charge in [0.2, 0.25) is 0 Å². The highest BCUT2D eigenvalue weighted by Crippen LogP contribution is 2.16. The summed E-state index contributed by atoms with van der Waals surface area (Å²) in [6, 6.07) is 8.45. The molecule has 0 atom stereocenters. The first-order chi connectivity index (χ1) is 11.5. The normalized spacial score (nSPS) is 14.5. The van der Waals surface area contributed by atoms with Crippen molar-refractivity contribution in [3.05, 3.63) is 53.2 Å². The summed E-state index contributed by atoms with van der Waals surface area (Å²) in [7, 11) is 0. The first-order valence-corrected chi connectivity index (χ1v) is 7.71. The molecule has 2 heterocycles. The molecule has 1 aromatic heterocycles. The fourth-order valence-corrected chi connectivity index (χ4v) is 2.81. The maximum absolute atomic E-state index is 12.7. The lowest BCUT2D eigenvalue weighted by atomic mass is 10.1. The van der Waals surface area contributed by atoms with Crippen LogP contribution in [-0.2, 0) is 0 Å². The number of aromatic carboxylic acids is 1. The molecule has 1 amide bonds. The monoisotopic (exact) mass is 326 g/mol. The van der Waals surface area contributed by atoms with Crippen LogP contribution in [0, 0.1) is 6.92 Å². The average molecular weight is 326 g/mol. The Hall–Kier alpha value is -2.96. The van der Waals surface area contributed by atoms with Gasteiger partial charge in [-0.15, -0.1) is 5.10 Å². The van der Waals surface area contributed by atoms with E-state index in [4.69, 9.17) is 5.11 Å². The van der Waals surface area contributed by atoms with Crippen LogP contribution in [0.1, 0.15) is 26.3 Å². The molecular formula is C17H18N4O3. The Morgan fingerprint density at radius 2 is 1.79 bits per heavy atom. The number of piperazine rings is 1. The molecule has 24 heavy (non-hydrogen) atoms. The van der Waals surface area contributed by atoms with Crippen molar-refractivity contribution < 1.29 is 14.7 Å². The van der Waals surface area contributed by atoms with Crippen molar-refractivity contribution in [3.63, 3.8) is 0 Å². The summed E-state index contributed by atoms with van der Waals surface area (Å²) in [6.07, 6.45) is 1.63. The molecule has 1 fully saturated rings. The molecule has 7 heteroatoms. The van der Waals surface area contributed by atoms with Gasteiger partial charge < -0.3 is 14.9 Å². The zero-order chi connectivity index (χ0) is 17.1. The summed E-state index contributed by atoms with van der Waals surface area (Å²) >= 11 is 0. The van der Waals surface area contributed by atoms with Gasteiger partial charge in [-0.25, -0.2) is 4.79 Å². The van der Waals surface area contributed by atoms with Crippen LogP contribution in [-0.4, -0.2) is 58.3 Å². The number of aryl methyl sites for hydroxylation is 1. The Bertz CT molecular complexity index is 756. The Kier molecular flexibility index (Phi) is 4.41. The molecule has 2 aromatic rings. The zero-order valence-electron chi connectivity index (χ0n) is 13.3. The highest BCUT2D eigenvalue weighted by molar-refractivity contribution is 5.98. The second-order valence-electron chi connectivity index (χ2n) is 5.75. The number of carboxylic acid groups (broad SMARTS) is 1. The standard InChI is InChI=1S/C17H18N4O3/c1-12-9-13(11-14(10-12)17(23)24)16(22)21-7-5-20(6-8-21)15-3-2-4-18-19-15/h2-4,9-11H,5-8H2,1H3,(H,23,24). The second-order valence-corrected chi connectivity index (χ2v) is 5.75. The summed E-state index contributed by atoms with van der Waals surface area (Å²) in [5.74, 6) is -0.367. The first-order valence-electron chi connectivity index (χ1n) is 7.71. The molecule has 0 saturated carbocycles. The van der Waals surface area contributed by atoms with Crippen molar-refractivity contribution in [1.82, 2.24) is 15.1 Å². The summed E-state index contributed by atoms with van der Waals surface area (Å²) in [5, 5.41) is 17.1. The van der Waals surface area contributed by atoms with Crippen molar-refractivity contribution in [2.45, 2.75) is 6.92 Å². The van der Waals surface area contributed by atoms with E-state index in [0.29, 0.717) is 31.7 Å². The van der Waals surface area contributed by atoms with Crippen molar-refractivity contribution in [2.24, 2.45) is 0 Å². The van der Waals surface area contributed by atoms with E-state index in [-0.39, 0.29) is 11.5 Å². The summed E-state index contributed by atoms with van der Waals surface area (Å²) in [5.41, 5.74) is 1.31. The van der Waals surface area contributed by atoms with E-state index in [1.807, 2.05) is 12.1 Å². The Labute approximate surface area is 139 Å². The SMILES string of the molecule is Cc1cc(C(=O)O)cc(C(=O)N2CCN(c3cccnn3)CC2)c1. The number of amides is 1. The minimum Gasteiger partial charge on any atom is -0.478 e. The van der Waals surface area contributed by atoms with Gasteiger partial charge in [0.25, 0.3) is 5.91 Å². The third-order valence-corrected chi connectivity index (χ3v) is 4.02. The number of carbonyl (C=O) groups excluding carboxylic acids is 1. The number of aromatic nitrogens is 2. The van der Waals surface area contributed by atoms with Gasteiger partial charge in [-0.1, -0.05) is 0 Å². The van der Waals surface area contributed by atoms with Crippen LogP contribution in [0.15, 0.2) is 36.5 Å². The summed E-state index contributed by atoms with van der Waals surface area (Å²) in [6.45, 7) is 4.25. The molecule has 1 N–H and O–H groups in total. The molecule has 3 rings (SSSR count). The van der Waals surface area contributed by atoms with Crippen LogP contribution in [0.3, 0.4) is 0 Å². The zero-order valence-corrected chi connectivity index (χ0v) is 13.3. The van der Waals surface area contributed by atoms with Crippen LogP contribution in [0.25, 0.3) is 0 Å². The maximum Gasteiger partial charge on any atom is 0.335 e. The minimum absolute atomic E-state index is 0.136. The molecule has 1 aliphatic heterocycles.